The van der Waals surface area contributed by atoms with Crippen LogP contribution in [0.4, 0.5) is 5.69 Å². The van der Waals surface area contributed by atoms with Crippen LogP contribution in [0.3, 0.4) is 0 Å². The molecule has 18 heavy (non-hydrogen) atoms. The highest BCUT2D eigenvalue weighted by Crippen LogP contribution is 2.35. The number of hydrogen-bond acceptors (Lipinski definition) is 3. The molecule has 0 spiro atoms. The van der Waals surface area contributed by atoms with E-state index in [2.05, 4.69) is 16.5 Å². The van der Waals surface area contributed by atoms with Gasteiger partial charge in [0.25, 0.3) is 0 Å². The Labute approximate surface area is 107 Å². The summed E-state index contributed by atoms with van der Waals surface area (Å²) < 4.78 is 2.30. The summed E-state index contributed by atoms with van der Waals surface area (Å²) >= 11 is 0. The molecule has 1 saturated carbocycles. The fraction of sp³-hybridized carbons (Fsp3) is 0.571. The molecule has 96 valence electrons. The van der Waals surface area contributed by atoms with E-state index in [1.165, 1.54) is 31.5 Å². The molecule has 0 aromatic carbocycles. The van der Waals surface area contributed by atoms with Gasteiger partial charge in [-0.3, -0.25) is 0 Å². The SMILES string of the molecule is CCCn1c(C2CCCC2)nc2cc(N)cnc21. The van der Waals surface area contributed by atoms with E-state index >= 15 is 0 Å². The van der Waals surface area contributed by atoms with Crippen LogP contribution in [0, 0.1) is 0 Å². The van der Waals surface area contributed by atoms with Crippen molar-refractivity contribution in [3.8, 4) is 0 Å². The van der Waals surface area contributed by atoms with Crippen molar-refractivity contribution in [3.63, 3.8) is 0 Å². The first-order chi connectivity index (χ1) is 8.79. The zero-order chi connectivity index (χ0) is 12.5. The minimum Gasteiger partial charge on any atom is -0.397 e. The lowest BCUT2D eigenvalue weighted by Gasteiger charge is -2.11. The maximum atomic E-state index is 5.80. The van der Waals surface area contributed by atoms with Gasteiger partial charge in [-0.15, -0.1) is 0 Å². The Morgan fingerprint density at radius 2 is 2.17 bits per heavy atom. The predicted octanol–water partition coefficient (Wildman–Crippen LogP) is 3.08. The Bertz CT molecular complexity index is 552. The summed E-state index contributed by atoms with van der Waals surface area (Å²) in [5, 5.41) is 0. The topological polar surface area (TPSA) is 56.7 Å². The van der Waals surface area contributed by atoms with Crippen molar-refractivity contribution in [2.45, 2.75) is 51.5 Å². The number of anilines is 1. The Hall–Kier alpha value is -1.58. The Balaban J connectivity index is 2.13. The zero-order valence-corrected chi connectivity index (χ0v) is 10.9. The van der Waals surface area contributed by atoms with Gasteiger partial charge in [0.2, 0.25) is 0 Å². The van der Waals surface area contributed by atoms with E-state index in [9.17, 15) is 0 Å². The molecule has 0 radical (unpaired) electrons. The van der Waals surface area contributed by atoms with Crippen LogP contribution < -0.4 is 5.73 Å². The molecule has 0 atom stereocenters. The number of imidazole rings is 1. The number of fused-ring (bicyclic) bond motifs is 1. The van der Waals surface area contributed by atoms with Crippen LogP contribution in [0.5, 0.6) is 0 Å². The highest BCUT2D eigenvalue weighted by Gasteiger charge is 2.23. The van der Waals surface area contributed by atoms with Crippen LogP contribution in [0.1, 0.15) is 50.8 Å². The summed E-state index contributed by atoms with van der Waals surface area (Å²) in [7, 11) is 0. The maximum Gasteiger partial charge on any atom is 0.160 e. The number of nitrogens with two attached hydrogens (primary N) is 1. The van der Waals surface area contributed by atoms with Crippen molar-refractivity contribution in [1.82, 2.24) is 14.5 Å². The average molecular weight is 244 g/mol. The molecule has 2 aromatic rings. The number of hydrogen-bond donors (Lipinski definition) is 1. The summed E-state index contributed by atoms with van der Waals surface area (Å²) in [6.45, 7) is 3.20. The first-order valence-corrected chi connectivity index (χ1v) is 6.91. The quantitative estimate of drug-likeness (QED) is 0.902. The van der Waals surface area contributed by atoms with E-state index in [0.717, 1.165) is 24.1 Å². The highest BCUT2D eigenvalue weighted by molar-refractivity contribution is 5.75. The van der Waals surface area contributed by atoms with Crippen molar-refractivity contribution in [2.75, 3.05) is 5.73 Å². The lowest BCUT2D eigenvalue weighted by molar-refractivity contribution is 0.582. The fourth-order valence-electron chi connectivity index (χ4n) is 2.98. The molecule has 0 saturated heterocycles. The molecule has 0 amide bonds. The van der Waals surface area contributed by atoms with Gasteiger partial charge in [0.05, 0.1) is 11.9 Å². The predicted molar refractivity (Wildman–Crippen MR) is 73.4 cm³/mol. The van der Waals surface area contributed by atoms with Crippen molar-refractivity contribution in [3.05, 3.63) is 18.1 Å². The molecule has 0 unspecified atom stereocenters. The molecule has 0 bridgehead atoms. The van der Waals surface area contributed by atoms with E-state index in [-0.39, 0.29) is 0 Å². The van der Waals surface area contributed by atoms with E-state index in [1.54, 1.807) is 6.20 Å². The molecule has 2 heterocycles. The van der Waals surface area contributed by atoms with Gasteiger partial charge in [-0.2, -0.15) is 0 Å². The molecule has 2 N–H and O–H groups in total. The van der Waals surface area contributed by atoms with Crippen molar-refractivity contribution in [1.29, 1.82) is 0 Å². The standard InChI is InChI=1S/C14H20N4/c1-2-7-18-13(10-5-3-4-6-10)17-12-8-11(15)9-16-14(12)18/h8-10H,2-7,15H2,1H3. The number of pyridine rings is 1. The molecular formula is C14H20N4. The number of rotatable bonds is 3. The third-order valence-corrected chi connectivity index (χ3v) is 3.80. The van der Waals surface area contributed by atoms with Crippen molar-refractivity contribution in [2.24, 2.45) is 0 Å². The van der Waals surface area contributed by atoms with Gasteiger partial charge < -0.3 is 10.3 Å². The van der Waals surface area contributed by atoms with Gasteiger partial charge >= 0.3 is 0 Å². The number of aryl methyl sites for hydroxylation is 1. The van der Waals surface area contributed by atoms with Gasteiger partial charge in [0.15, 0.2) is 5.65 Å². The van der Waals surface area contributed by atoms with Crippen LogP contribution in [-0.2, 0) is 6.54 Å². The Kier molecular flexibility index (Phi) is 2.94. The van der Waals surface area contributed by atoms with Gasteiger partial charge in [-0.1, -0.05) is 19.8 Å². The van der Waals surface area contributed by atoms with Gasteiger partial charge in [0.1, 0.15) is 11.3 Å². The lowest BCUT2D eigenvalue weighted by atomic mass is 10.1. The smallest absolute Gasteiger partial charge is 0.160 e. The second-order valence-corrected chi connectivity index (χ2v) is 5.21. The van der Waals surface area contributed by atoms with Crippen LogP contribution in [0.15, 0.2) is 12.3 Å². The van der Waals surface area contributed by atoms with E-state index < -0.39 is 0 Å². The summed E-state index contributed by atoms with van der Waals surface area (Å²) in [5.74, 6) is 1.84. The number of nitrogen functional groups attached to an aromatic ring is 1. The van der Waals surface area contributed by atoms with Crippen molar-refractivity contribution >= 4 is 16.9 Å². The number of aromatic nitrogens is 3. The summed E-state index contributed by atoms with van der Waals surface area (Å²) in [4.78, 5) is 9.26. The number of nitrogens with zero attached hydrogens (tertiary/aromatic N) is 3. The van der Waals surface area contributed by atoms with Gasteiger partial charge in [0, 0.05) is 12.5 Å². The van der Waals surface area contributed by atoms with Gasteiger partial charge in [-0.25, -0.2) is 9.97 Å². The minimum absolute atomic E-state index is 0.618. The Morgan fingerprint density at radius 1 is 1.39 bits per heavy atom. The first kappa shape index (κ1) is 11.5. The van der Waals surface area contributed by atoms with E-state index in [4.69, 9.17) is 10.7 Å². The van der Waals surface area contributed by atoms with Crippen molar-refractivity contribution < 1.29 is 0 Å². The normalized spacial score (nSPS) is 16.7. The molecule has 0 aliphatic heterocycles. The molecule has 4 nitrogen and oxygen atoms in total. The second-order valence-electron chi connectivity index (χ2n) is 5.21. The highest BCUT2D eigenvalue weighted by atomic mass is 15.1. The molecule has 3 rings (SSSR count). The third kappa shape index (κ3) is 1.85. The van der Waals surface area contributed by atoms with Crippen LogP contribution >= 0.6 is 0 Å². The molecule has 2 aromatic heterocycles. The van der Waals surface area contributed by atoms with Crippen LogP contribution in [0.2, 0.25) is 0 Å². The summed E-state index contributed by atoms with van der Waals surface area (Å²) in [5.41, 5.74) is 8.44. The maximum absolute atomic E-state index is 5.80. The Morgan fingerprint density at radius 3 is 2.89 bits per heavy atom. The first-order valence-electron chi connectivity index (χ1n) is 6.91. The van der Waals surface area contributed by atoms with E-state index in [0.29, 0.717) is 11.6 Å². The van der Waals surface area contributed by atoms with E-state index in [1.807, 2.05) is 6.07 Å². The zero-order valence-electron chi connectivity index (χ0n) is 10.9. The van der Waals surface area contributed by atoms with Crippen LogP contribution in [-0.4, -0.2) is 14.5 Å². The fourth-order valence-corrected chi connectivity index (χ4v) is 2.98. The summed E-state index contributed by atoms with van der Waals surface area (Å²) in [6, 6.07) is 1.94. The second kappa shape index (κ2) is 4.59. The lowest BCUT2D eigenvalue weighted by Crippen LogP contribution is -2.07. The monoisotopic (exact) mass is 244 g/mol. The summed E-state index contributed by atoms with van der Waals surface area (Å²) in [6.07, 6.45) is 8.03. The largest absolute Gasteiger partial charge is 0.397 e. The average Bonchev–Trinajstić information content (AvgIpc) is 2.97. The minimum atomic E-state index is 0.618. The molecule has 1 fully saturated rings. The molecule has 1 aliphatic carbocycles. The third-order valence-electron chi connectivity index (χ3n) is 3.80. The molecular weight excluding hydrogens is 224 g/mol. The van der Waals surface area contributed by atoms with Gasteiger partial charge in [-0.05, 0) is 25.3 Å². The van der Waals surface area contributed by atoms with Crippen LogP contribution in [0.25, 0.3) is 11.2 Å². The molecule has 1 aliphatic rings. The molecule has 4 heteroatoms.